The van der Waals surface area contributed by atoms with Crippen molar-refractivity contribution in [3.63, 3.8) is 0 Å². The SMILES string of the molecule is Cc1cc(C2CCOCC2)nc(C2(CN)CC2)n1. The predicted octanol–water partition coefficient (Wildman–Crippen LogP) is 1.67. The van der Waals surface area contributed by atoms with Gasteiger partial charge in [-0.15, -0.1) is 0 Å². The number of hydrogen-bond acceptors (Lipinski definition) is 4. The van der Waals surface area contributed by atoms with Crippen LogP contribution < -0.4 is 5.73 Å². The number of aromatic nitrogens is 2. The van der Waals surface area contributed by atoms with Crippen molar-refractivity contribution in [3.8, 4) is 0 Å². The van der Waals surface area contributed by atoms with Gasteiger partial charge in [-0.2, -0.15) is 0 Å². The molecule has 18 heavy (non-hydrogen) atoms. The molecular weight excluding hydrogens is 226 g/mol. The molecule has 4 nitrogen and oxygen atoms in total. The molecule has 3 rings (SSSR count). The Hall–Kier alpha value is -1.00. The molecule has 1 aliphatic heterocycles. The summed E-state index contributed by atoms with van der Waals surface area (Å²) >= 11 is 0. The van der Waals surface area contributed by atoms with Crippen LogP contribution in [0, 0.1) is 6.92 Å². The maximum absolute atomic E-state index is 5.88. The lowest BCUT2D eigenvalue weighted by Crippen LogP contribution is -2.24. The van der Waals surface area contributed by atoms with Crippen molar-refractivity contribution in [3.05, 3.63) is 23.3 Å². The first-order valence-electron chi connectivity index (χ1n) is 6.87. The van der Waals surface area contributed by atoms with Gasteiger partial charge in [-0.05, 0) is 38.7 Å². The van der Waals surface area contributed by atoms with Crippen LogP contribution in [0.1, 0.15) is 48.8 Å². The Bertz CT molecular complexity index is 437. The Morgan fingerprint density at radius 3 is 2.67 bits per heavy atom. The van der Waals surface area contributed by atoms with Gasteiger partial charge in [-0.3, -0.25) is 0 Å². The molecule has 0 bridgehead atoms. The van der Waals surface area contributed by atoms with E-state index < -0.39 is 0 Å². The molecule has 2 fully saturated rings. The Balaban J connectivity index is 1.90. The molecule has 1 aromatic heterocycles. The maximum atomic E-state index is 5.88. The van der Waals surface area contributed by atoms with Gasteiger partial charge in [0.05, 0.1) is 0 Å². The van der Waals surface area contributed by atoms with E-state index in [0.717, 1.165) is 50.4 Å². The van der Waals surface area contributed by atoms with Crippen LogP contribution in [-0.4, -0.2) is 29.7 Å². The van der Waals surface area contributed by atoms with Crippen LogP contribution in [0.15, 0.2) is 6.07 Å². The lowest BCUT2D eigenvalue weighted by atomic mass is 9.95. The van der Waals surface area contributed by atoms with Gasteiger partial charge in [-0.25, -0.2) is 9.97 Å². The minimum absolute atomic E-state index is 0.0892. The Kier molecular flexibility index (Phi) is 3.08. The third-order valence-corrected chi connectivity index (χ3v) is 4.23. The molecule has 1 saturated heterocycles. The van der Waals surface area contributed by atoms with E-state index >= 15 is 0 Å². The summed E-state index contributed by atoms with van der Waals surface area (Å²) in [5, 5.41) is 0. The average Bonchev–Trinajstić information content (AvgIpc) is 3.20. The van der Waals surface area contributed by atoms with E-state index in [2.05, 4.69) is 18.0 Å². The Labute approximate surface area is 108 Å². The zero-order valence-corrected chi connectivity index (χ0v) is 11.0. The van der Waals surface area contributed by atoms with Crippen LogP contribution in [0.5, 0.6) is 0 Å². The molecule has 0 atom stereocenters. The molecule has 0 aromatic carbocycles. The van der Waals surface area contributed by atoms with Crippen LogP contribution in [0.2, 0.25) is 0 Å². The van der Waals surface area contributed by atoms with E-state index in [1.54, 1.807) is 0 Å². The first-order valence-corrected chi connectivity index (χ1v) is 6.87. The van der Waals surface area contributed by atoms with E-state index in [4.69, 9.17) is 15.5 Å². The van der Waals surface area contributed by atoms with Crippen LogP contribution in [0.4, 0.5) is 0 Å². The van der Waals surface area contributed by atoms with Crippen molar-refractivity contribution < 1.29 is 4.74 Å². The van der Waals surface area contributed by atoms with E-state index in [-0.39, 0.29) is 5.41 Å². The normalized spacial score (nSPS) is 23.0. The lowest BCUT2D eigenvalue weighted by Gasteiger charge is -2.23. The molecule has 0 radical (unpaired) electrons. The fraction of sp³-hybridized carbons (Fsp3) is 0.714. The summed E-state index contributed by atoms with van der Waals surface area (Å²) in [5.41, 5.74) is 8.23. The van der Waals surface area contributed by atoms with E-state index in [1.165, 1.54) is 5.69 Å². The van der Waals surface area contributed by atoms with E-state index in [1.807, 2.05) is 0 Å². The van der Waals surface area contributed by atoms with Gasteiger partial charge in [0.25, 0.3) is 0 Å². The molecule has 0 spiro atoms. The van der Waals surface area contributed by atoms with Crippen molar-refractivity contribution >= 4 is 0 Å². The minimum Gasteiger partial charge on any atom is -0.381 e. The van der Waals surface area contributed by atoms with Crippen molar-refractivity contribution in [2.75, 3.05) is 19.8 Å². The van der Waals surface area contributed by atoms with Crippen LogP contribution >= 0.6 is 0 Å². The number of rotatable bonds is 3. The lowest BCUT2D eigenvalue weighted by molar-refractivity contribution is 0.0844. The van der Waals surface area contributed by atoms with Crippen LogP contribution in [-0.2, 0) is 10.2 Å². The first-order chi connectivity index (χ1) is 8.73. The smallest absolute Gasteiger partial charge is 0.136 e. The molecule has 2 N–H and O–H groups in total. The van der Waals surface area contributed by atoms with Gasteiger partial charge >= 0.3 is 0 Å². The second-order valence-electron chi connectivity index (χ2n) is 5.63. The summed E-state index contributed by atoms with van der Waals surface area (Å²) in [5.74, 6) is 1.51. The summed E-state index contributed by atoms with van der Waals surface area (Å²) in [6.07, 6.45) is 4.43. The van der Waals surface area contributed by atoms with Crippen molar-refractivity contribution in [1.29, 1.82) is 0 Å². The predicted molar refractivity (Wildman–Crippen MR) is 69.5 cm³/mol. The van der Waals surface area contributed by atoms with Gasteiger partial charge in [0, 0.05) is 42.5 Å². The van der Waals surface area contributed by atoms with Crippen LogP contribution in [0.3, 0.4) is 0 Å². The summed E-state index contributed by atoms with van der Waals surface area (Å²) < 4.78 is 5.42. The quantitative estimate of drug-likeness (QED) is 0.882. The van der Waals surface area contributed by atoms with E-state index in [9.17, 15) is 0 Å². The number of aryl methyl sites for hydroxylation is 1. The fourth-order valence-electron chi connectivity index (χ4n) is 2.70. The first kappa shape index (κ1) is 12.1. The summed E-state index contributed by atoms with van der Waals surface area (Å²) in [7, 11) is 0. The number of nitrogens with zero attached hydrogens (tertiary/aromatic N) is 2. The zero-order chi connectivity index (χ0) is 12.6. The van der Waals surface area contributed by atoms with Crippen molar-refractivity contribution in [1.82, 2.24) is 9.97 Å². The maximum Gasteiger partial charge on any atom is 0.136 e. The molecule has 0 amide bonds. The topological polar surface area (TPSA) is 61.0 Å². The second-order valence-corrected chi connectivity index (χ2v) is 5.63. The van der Waals surface area contributed by atoms with Gasteiger partial charge in [0.1, 0.15) is 5.82 Å². The van der Waals surface area contributed by atoms with Gasteiger partial charge in [0.2, 0.25) is 0 Å². The number of hydrogen-bond donors (Lipinski definition) is 1. The highest BCUT2D eigenvalue weighted by Gasteiger charge is 2.46. The molecule has 2 aliphatic rings. The summed E-state index contributed by atoms with van der Waals surface area (Å²) in [6.45, 7) is 4.43. The molecule has 1 aromatic rings. The minimum atomic E-state index is 0.0892. The average molecular weight is 247 g/mol. The monoisotopic (exact) mass is 247 g/mol. The molecule has 4 heteroatoms. The highest BCUT2D eigenvalue weighted by Crippen LogP contribution is 2.45. The van der Waals surface area contributed by atoms with E-state index in [0.29, 0.717) is 12.5 Å². The van der Waals surface area contributed by atoms with Crippen molar-refractivity contribution in [2.45, 2.75) is 43.9 Å². The Morgan fingerprint density at radius 1 is 1.33 bits per heavy atom. The van der Waals surface area contributed by atoms with Gasteiger partial charge in [-0.1, -0.05) is 0 Å². The highest BCUT2D eigenvalue weighted by atomic mass is 16.5. The standard InChI is InChI=1S/C14H21N3O/c1-10-8-12(11-2-6-18-7-3-11)17-13(16-10)14(9-15)4-5-14/h8,11H,2-7,9,15H2,1H3. The Morgan fingerprint density at radius 2 is 2.06 bits per heavy atom. The van der Waals surface area contributed by atoms with Gasteiger partial charge < -0.3 is 10.5 Å². The molecule has 2 heterocycles. The highest BCUT2D eigenvalue weighted by molar-refractivity contribution is 5.24. The number of nitrogens with two attached hydrogens (primary N) is 1. The molecule has 0 unspecified atom stereocenters. The van der Waals surface area contributed by atoms with Gasteiger partial charge in [0.15, 0.2) is 0 Å². The molecule has 98 valence electrons. The number of ether oxygens (including phenoxy) is 1. The summed E-state index contributed by atoms with van der Waals surface area (Å²) in [4.78, 5) is 9.43. The largest absolute Gasteiger partial charge is 0.381 e. The zero-order valence-electron chi connectivity index (χ0n) is 11.0. The third-order valence-electron chi connectivity index (χ3n) is 4.23. The van der Waals surface area contributed by atoms with Crippen LogP contribution in [0.25, 0.3) is 0 Å². The second kappa shape index (κ2) is 4.59. The van der Waals surface area contributed by atoms with Crippen molar-refractivity contribution in [2.24, 2.45) is 5.73 Å². The summed E-state index contributed by atoms with van der Waals surface area (Å²) in [6, 6.07) is 2.13. The molecule has 1 saturated carbocycles. The third kappa shape index (κ3) is 2.15. The fourth-order valence-corrected chi connectivity index (χ4v) is 2.70. The molecular formula is C14H21N3O. The molecule has 1 aliphatic carbocycles.